The molecule has 0 N–H and O–H groups in total. The molecule has 6 heteroatoms. The summed E-state index contributed by atoms with van der Waals surface area (Å²) in [6.07, 6.45) is 2.31. The molecule has 4 atom stereocenters. The van der Waals surface area contributed by atoms with Crippen LogP contribution >= 0.6 is 0 Å². The van der Waals surface area contributed by atoms with Gasteiger partial charge in [0, 0.05) is 5.92 Å². The topological polar surface area (TPSA) is 61.8 Å². The first kappa shape index (κ1) is 16.5. The van der Waals surface area contributed by atoms with Gasteiger partial charge < -0.3 is 14.2 Å². The number of sulfone groups is 1. The van der Waals surface area contributed by atoms with Crippen molar-refractivity contribution < 1.29 is 22.6 Å². The predicted octanol–water partition coefficient (Wildman–Crippen LogP) is 2.90. The number of hydrogen-bond acceptors (Lipinski definition) is 5. The maximum Gasteiger partial charge on any atom is 0.203 e. The van der Waals surface area contributed by atoms with E-state index in [0.717, 1.165) is 12.8 Å². The zero-order valence-electron chi connectivity index (χ0n) is 14.3. The van der Waals surface area contributed by atoms with Crippen LogP contribution in [0.2, 0.25) is 0 Å². The SMILES string of the molecule is CC1(C)O[C@@]2(C)O[C@@]13OCCC[C@@H]3C[C@@H]2S(=O)(=O)c1ccccc1. The van der Waals surface area contributed by atoms with Gasteiger partial charge in [-0.15, -0.1) is 0 Å². The summed E-state index contributed by atoms with van der Waals surface area (Å²) in [5.74, 6) is -2.03. The van der Waals surface area contributed by atoms with Gasteiger partial charge in [-0.2, -0.15) is 0 Å². The van der Waals surface area contributed by atoms with Crippen LogP contribution in [0, 0.1) is 5.92 Å². The van der Waals surface area contributed by atoms with Crippen LogP contribution < -0.4 is 0 Å². The highest BCUT2D eigenvalue weighted by molar-refractivity contribution is 7.92. The van der Waals surface area contributed by atoms with Crippen LogP contribution in [-0.4, -0.2) is 37.4 Å². The van der Waals surface area contributed by atoms with Crippen molar-refractivity contribution in [3.05, 3.63) is 30.3 Å². The second kappa shape index (κ2) is 5.04. The van der Waals surface area contributed by atoms with E-state index in [1.807, 2.05) is 19.9 Å². The Morgan fingerprint density at radius 3 is 2.50 bits per heavy atom. The van der Waals surface area contributed by atoms with Crippen LogP contribution in [0.1, 0.15) is 40.0 Å². The van der Waals surface area contributed by atoms with Gasteiger partial charge in [0.2, 0.25) is 5.79 Å². The minimum Gasteiger partial charge on any atom is -0.347 e. The maximum absolute atomic E-state index is 13.3. The molecule has 3 heterocycles. The third-order valence-corrected chi connectivity index (χ3v) is 8.03. The van der Waals surface area contributed by atoms with Crippen molar-refractivity contribution in [2.24, 2.45) is 5.92 Å². The Hall–Kier alpha value is -0.950. The molecule has 0 aliphatic carbocycles. The Labute approximate surface area is 143 Å². The first-order valence-corrected chi connectivity index (χ1v) is 10.1. The van der Waals surface area contributed by atoms with E-state index in [-0.39, 0.29) is 5.92 Å². The van der Waals surface area contributed by atoms with Gasteiger partial charge in [-0.25, -0.2) is 8.42 Å². The van der Waals surface area contributed by atoms with Crippen molar-refractivity contribution in [2.75, 3.05) is 6.61 Å². The average Bonchev–Trinajstić information content (AvgIpc) is 2.69. The summed E-state index contributed by atoms with van der Waals surface area (Å²) < 4.78 is 45.1. The number of ether oxygens (including phenoxy) is 3. The van der Waals surface area contributed by atoms with E-state index in [9.17, 15) is 8.42 Å². The van der Waals surface area contributed by atoms with Gasteiger partial charge in [0.25, 0.3) is 0 Å². The molecule has 3 aliphatic rings. The van der Waals surface area contributed by atoms with E-state index in [2.05, 4.69) is 0 Å². The molecule has 0 radical (unpaired) electrons. The monoisotopic (exact) mass is 352 g/mol. The largest absolute Gasteiger partial charge is 0.347 e. The highest BCUT2D eigenvalue weighted by Gasteiger charge is 2.72. The van der Waals surface area contributed by atoms with Gasteiger partial charge >= 0.3 is 0 Å². The van der Waals surface area contributed by atoms with Crippen molar-refractivity contribution in [3.8, 4) is 0 Å². The van der Waals surface area contributed by atoms with Crippen molar-refractivity contribution in [1.82, 2.24) is 0 Å². The Morgan fingerprint density at radius 2 is 1.79 bits per heavy atom. The van der Waals surface area contributed by atoms with E-state index in [1.54, 1.807) is 31.2 Å². The molecule has 132 valence electrons. The average molecular weight is 352 g/mol. The molecule has 2 bridgehead atoms. The van der Waals surface area contributed by atoms with Gasteiger partial charge in [0.05, 0.1) is 11.5 Å². The Morgan fingerprint density at radius 1 is 1.08 bits per heavy atom. The van der Waals surface area contributed by atoms with Gasteiger partial charge in [-0.1, -0.05) is 18.2 Å². The summed E-state index contributed by atoms with van der Waals surface area (Å²) in [6, 6.07) is 8.57. The van der Waals surface area contributed by atoms with Crippen LogP contribution in [0.5, 0.6) is 0 Å². The van der Waals surface area contributed by atoms with Crippen LogP contribution in [-0.2, 0) is 24.0 Å². The molecule has 3 fully saturated rings. The second-order valence-electron chi connectivity index (χ2n) is 7.67. The minimum absolute atomic E-state index is 0.0142. The van der Waals surface area contributed by atoms with Crippen LogP contribution in [0.3, 0.4) is 0 Å². The Bertz CT molecular complexity index is 744. The lowest BCUT2D eigenvalue weighted by Crippen LogP contribution is -2.61. The number of benzene rings is 1. The molecule has 0 saturated carbocycles. The fourth-order valence-electron chi connectivity index (χ4n) is 4.72. The summed E-state index contributed by atoms with van der Waals surface area (Å²) in [7, 11) is -3.56. The van der Waals surface area contributed by atoms with Crippen LogP contribution in [0.4, 0.5) is 0 Å². The summed E-state index contributed by atoms with van der Waals surface area (Å²) >= 11 is 0. The first-order chi connectivity index (χ1) is 11.2. The molecule has 1 spiro atoms. The van der Waals surface area contributed by atoms with Gasteiger partial charge in [-0.05, 0) is 52.2 Å². The Balaban J connectivity index is 1.80. The molecular formula is C18H24O5S. The van der Waals surface area contributed by atoms with E-state index >= 15 is 0 Å². The molecule has 0 aromatic heterocycles. The van der Waals surface area contributed by atoms with Crippen molar-refractivity contribution >= 4 is 9.84 Å². The van der Waals surface area contributed by atoms with E-state index in [1.165, 1.54) is 0 Å². The summed E-state index contributed by atoms with van der Waals surface area (Å²) in [5, 5.41) is -0.742. The molecule has 0 unspecified atom stereocenters. The summed E-state index contributed by atoms with van der Waals surface area (Å²) in [4.78, 5) is 0.317. The van der Waals surface area contributed by atoms with Gasteiger partial charge in [0.1, 0.15) is 10.9 Å². The van der Waals surface area contributed by atoms with E-state index < -0.39 is 32.3 Å². The van der Waals surface area contributed by atoms with E-state index in [4.69, 9.17) is 14.2 Å². The van der Waals surface area contributed by atoms with Crippen LogP contribution in [0.15, 0.2) is 35.2 Å². The molecule has 4 rings (SSSR count). The lowest BCUT2D eigenvalue weighted by molar-refractivity contribution is -0.326. The zero-order chi connectivity index (χ0) is 17.2. The van der Waals surface area contributed by atoms with Gasteiger partial charge in [-0.3, -0.25) is 0 Å². The molecule has 0 amide bonds. The molecule has 1 aromatic carbocycles. The Kier molecular flexibility index (Phi) is 3.46. The van der Waals surface area contributed by atoms with Crippen LogP contribution in [0.25, 0.3) is 0 Å². The molecule has 24 heavy (non-hydrogen) atoms. The lowest BCUT2D eigenvalue weighted by atomic mass is 9.77. The smallest absolute Gasteiger partial charge is 0.203 e. The third kappa shape index (κ3) is 2.06. The quantitative estimate of drug-likeness (QED) is 0.819. The van der Waals surface area contributed by atoms with Crippen molar-refractivity contribution in [1.29, 1.82) is 0 Å². The van der Waals surface area contributed by atoms with Crippen molar-refractivity contribution in [2.45, 2.75) is 67.4 Å². The van der Waals surface area contributed by atoms with Crippen molar-refractivity contribution in [3.63, 3.8) is 0 Å². The summed E-state index contributed by atoms with van der Waals surface area (Å²) in [6.45, 7) is 6.24. The predicted molar refractivity (Wildman–Crippen MR) is 88.1 cm³/mol. The molecule has 1 aromatic rings. The zero-order valence-corrected chi connectivity index (χ0v) is 15.1. The molecule has 5 nitrogen and oxygen atoms in total. The minimum atomic E-state index is -3.56. The number of hydrogen-bond donors (Lipinski definition) is 0. The fourth-order valence-corrected chi connectivity index (χ4v) is 6.73. The molecule has 3 aliphatic heterocycles. The van der Waals surface area contributed by atoms with Gasteiger partial charge in [0.15, 0.2) is 15.6 Å². The lowest BCUT2D eigenvalue weighted by Gasteiger charge is -2.50. The summed E-state index contributed by atoms with van der Waals surface area (Å²) in [5.41, 5.74) is -0.687. The van der Waals surface area contributed by atoms with E-state index in [0.29, 0.717) is 17.9 Å². The number of fused-ring (bicyclic) bond motifs is 1. The second-order valence-corrected chi connectivity index (χ2v) is 9.80. The normalized spacial score (nSPS) is 41.0. The fraction of sp³-hybridized carbons (Fsp3) is 0.667. The molecular weight excluding hydrogens is 328 g/mol. The maximum atomic E-state index is 13.3. The standard InChI is InChI=1S/C18H24O5S/c1-16(2)18-13(8-7-11-21-18)12-15(17(3,22-16)23-18)24(19,20)14-9-5-4-6-10-14/h4-6,9-10,13,15H,7-8,11-12H2,1-3H3/t13-,15+,17+,18-/m1/s1. The highest BCUT2D eigenvalue weighted by Crippen LogP contribution is 2.59. The number of rotatable bonds is 2. The third-order valence-electron chi connectivity index (χ3n) is 5.73. The molecule has 3 saturated heterocycles. The highest BCUT2D eigenvalue weighted by atomic mass is 32.2. The first-order valence-electron chi connectivity index (χ1n) is 8.55.